The zero-order valence-electron chi connectivity index (χ0n) is 11.2. The van der Waals surface area contributed by atoms with Crippen LogP contribution >= 0.6 is 0 Å². The minimum absolute atomic E-state index is 0.0806. The Morgan fingerprint density at radius 1 is 1.38 bits per heavy atom. The van der Waals surface area contributed by atoms with Gasteiger partial charge in [0.25, 0.3) is 10.0 Å². The van der Waals surface area contributed by atoms with Crippen molar-refractivity contribution in [2.24, 2.45) is 0 Å². The largest absolute Gasteiger partial charge is 0.496 e. The van der Waals surface area contributed by atoms with Gasteiger partial charge in [-0.1, -0.05) is 0 Å². The molecule has 9 heteroatoms. The molecular weight excluding hydrogens is 298 g/mol. The molecule has 0 unspecified atom stereocenters. The third-order valence-electron chi connectivity index (χ3n) is 2.66. The molecule has 0 saturated carbocycles. The third-order valence-corrected chi connectivity index (χ3v) is 4.01. The van der Waals surface area contributed by atoms with Crippen LogP contribution in [0.15, 0.2) is 29.2 Å². The molecule has 8 nitrogen and oxygen atoms in total. The molecule has 3 N–H and O–H groups in total. The predicted molar refractivity (Wildman–Crippen MR) is 74.1 cm³/mol. The lowest BCUT2D eigenvalue weighted by atomic mass is 10.2. The molecule has 0 radical (unpaired) electrons. The van der Waals surface area contributed by atoms with E-state index in [0.717, 1.165) is 6.07 Å². The Kier molecular flexibility index (Phi) is 3.85. The van der Waals surface area contributed by atoms with Crippen LogP contribution in [0.2, 0.25) is 0 Å². The number of hydrogen-bond donors (Lipinski definition) is 3. The molecule has 0 atom stereocenters. The fourth-order valence-electron chi connectivity index (χ4n) is 1.69. The molecule has 1 aromatic heterocycles. The van der Waals surface area contributed by atoms with Gasteiger partial charge in [-0.15, -0.1) is 0 Å². The third kappa shape index (κ3) is 3.14. The molecule has 0 saturated heterocycles. The first kappa shape index (κ1) is 14.9. The van der Waals surface area contributed by atoms with E-state index in [1.165, 1.54) is 25.3 Å². The van der Waals surface area contributed by atoms with Gasteiger partial charge in [0.2, 0.25) is 0 Å². The van der Waals surface area contributed by atoms with E-state index < -0.39 is 16.0 Å². The second-order valence-electron chi connectivity index (χ2n) is 4.21. The second-order valence-corrected chi connectivity index (χ2v) is 5.89. The monoisotopic (exact) mass is 311 g/mol. The second kappa shape index (κ2) is 5.44. The van der Waals surface area contributed by atoms with E-state index in [-0.39, 0.29) is 22.0 Å². The predicted octanol–water partition coefficient (Wildman–Crippen LogP) is 1.23. The van der Waals surface area contributed by atoms with Crippen LogP contribution in [0, 0.1) is 6.92 Å². The van der Waals surface area contributed by atoms with Crippen LogP contribution in [0.1, 0.15) is 16.1 Å². The smallest absolute Gasteiger partial charge is 0.339 e. The zero-order chi connectivity index (χ0) is 15.6. The summed E-state index contributed by atoms with van der Waals surface area (Å²) < 4.78 is 31.5. The van der Waals surface area contributed by atoms with E-state index in [9.17, 15) is 13.2 Å². The highest BCUT2D eigenvalue weighted by Gasteiger charge is 2.20. The van der Waals surface area contributed by atoms with Crippen molar-refractivity contribution in [1.29, 1.82) is 0 Å². The summed E-state index contributed by atoms with van der Waals surface area (Å²) in [5, 5.41) is 15.4. The topological polar surface area (TPSA) is 121 Å². The number of carboxylic acid groups (broad SMARTS) is 1. The first-order chi connectivity index (χ1) is 9.83. The lowest BCUT2D eigenvalue weighted by Gasteiger charge is -2.09. The Morgan fingerprint density at radius 3 is 2.62 bits per heavy atom. The minimum Gasteiger partial charge on any atom is -0.496 e. The van der Waals surface area contributed by atoms with Crippen molar-refractivity contribution >= 4 is 21.8 Å². The van der Waals surface area contributed by atoms with Gasteiger partial charge < -0.3 is 9.84 Å². The Morgan fingerprint density at radius 2 is 2.10 bits per heavy atom. The van der Waals surface area contributed by atoms with Crippen LogP contribution in [-0.2, 0) is 10.0 Å². The van der Waals surface area contributed by atoms with Gasteiger partial charge in [0.05, 0.1) is 12.0 Å². The highest BCUT2D eigenvalue weighted by molar-refractivity contribution is 7.92. The summed E-state index contributed by atoms with van der Waals surface area (Å²) in [5.74, 6) is -1.07. The number of sulfonamides is 1. The molecule has 1 heterocycles. The van der Waals surface area contributed by atoms with E-state index in [1.807, 2.05) is 0 Å². The molecule has 0 aliphatic rings. The van der Waals surface area contributed by atoms with Gasteiger partial charge in [-0.25, -0.2) is 13.2 Å². The SMILES string of the molecule is COc1ccc(S(=O)(=O)Nc2cc(C)[nH]n2)cc1C(=O)O. The molecule has 112 valence electrons. The molecule has 0 aliphatic heterocycles. The van der Waals surface area contributed by atoms with Gasteiger partial charge in [-0.2, -0.15) is 5.10 Å². The number of aromatic nitrogens is 2. The number of aromatic carboxylic acids is 1. The van der Waals surface area contributed by atoms with Gasteiger partial charge in [-0.3, -0.25) is 9.82 Å². The summed E-state index contributed by atoms with van der Waals surface area (Å²) in [5.41, 5.74) is 0.451. The first-order valence-electron chi connectivity index (χ1n) is 5.79. The fourth-order valence-corrected chi connectivity index (χ4v) is 2.71. The lowest BCUT2D eigenvalue weighted by molar-refractivity contribution is 0.0693. The van der Waals surface area contributed by atoms with E-state index in [1.54, 1.807) is 6.92 Å². The van der Waals surface area contributed by atoms with Crippen molar-refractivity contribution in [3.8, 4) is 5.75 Å². The summed E-state index contributed by atoms with van der Waals surface area (Å²) in [6.07, 6.45) is 0. The Balaban J connectivity index is 2.40. The maximum Gasteiger partial charge on any atom is 0.339 e. The molecule has 0 spiro atoms. The van der Waals surface area contributed by atoms with Gasteiger partial charge in [0.15, 0.2) is 5.82 Å². The summed E-state index contributed by atoms with van der Waals surface area (Å²) in [6, 6.07) is 5.09. The first-order valence-corrected chi connectivity index (χ1v) is 7.28. The summed E-state index contributed by atoms with van der Waals surface area (Å²) in [6.45, 7) is 1.72. The van der Waals surface area contributed by atoms with E-state index in [2.05, 4.69) is 14.9 Å². The van der Waals surface area contributed by atoms with E-state index in [0.29, 0.717) is 5.69 Å². The maximum absolute atomic E-state index is 12.2. The molecular formula is C12H13N3O5S. The summed E-state index contributed by atoms with van der Waals surface area (Å²) in [7, 11) is -2.63. The van der Waals surface area contributed by atoms with Crippen molar-refractivity contribution in [3.63, 3.8) is 0 Å². The molecule has 2 aromatic rings. The number of nitrogens with one attached hydrogen (secondary N) is 2. The van der Waals surface area contributed by atoms with Crippen molar-refractivity contribution in [3.05, 3.63) is 35.5 Å². The van der Waals surface area contributed by atoms with Crippen LogP contribution < -0.4 is 9.46 Å². The number of methoxy groups -OCH3 is 1. The highest BCUT2D eigenvalue weighted by Crippen LogP contribution is 2.23. The number of aromatic amines is 1. The Hall–Kier alpha value is -2.55. The molecule has 21 heavy (non-hydrogen) atoms. The number of carboxylic acids is 1. The van der Waals surface area contributed by atoms with Crippen LogP contribution in [0.3, 0.4) is 0 Å². The zero-order valence-corrected chi connectivity index (χ0v) is 12.1. The average molecular weight is 311 g/mol. The standard InChI is InChI=1S/C12H13N3O5S/c1-7-5-11(14-13-7)15-21(18,19)8-3-4-10(20-2)9(6-8)12(16)17/h3-6H,1-2H3,(H,16,17)(H2,13,14,15). The van der Waals surface area contributed by atoms with E-state index in [4.69, 9.17) is 9.84 Å². The van der Waals surface area contributed by atoms with Crippen LogP contribution in [0.25, 0.3) is 0 Å². The molecule has 0 bridgehead atoms. The van der Waals surface area contributed by atoms with Gasteiger partial charge in [0, 0.05) is 11.8 Å². The number of aryl methyl sites for hydroxylation is 1. The van der Waals surface area contributed by atoms with Gasteiger partial charge >= 0.3 is 5.97 Å². The van der Waals surface area contributed by atoms with Gasteiger partial charge in [-0.05, 0) is 25.1 Å². The number of H-pyrrole nitrogens is 1. The fraction of sp³-hybridized carbons (Fsp3) is 0.167. The minimum atomic E-state index is -3.93. The number of benzene rings is 1. The van der Waals surface area contributed by atoms with Crippen LogP contribution in [-0.4, -0.2) is 36.8 Å². The van der Waals surface area contributed by atoms with Crippen LogP contribution in [0.5, 0.6) is 5.75 Å². The number of ether oxygens (including phenoxy) is 1. The Bertz CT molecular complexity index is 782. The molecule has 1 aromatic carbocycles. The van der Waals surface area contributed by atoms with Gasteiger partial charge in [0.1, 0.15) is 11.3 Å². The number of carbonyl (C=O) groups is 1. The molecule has 2 rings (SSSR count). The van der Waals surface area contributed by atoms with Crippen molar-refractivity contribution in [2.75, 3.05) is 11.8 Å². The quantitative estimate of drug-likeness (QED) is 0.763. The number of rotatable bonds is 5. The van der Waals surface area contributed by atoms with Crippen molar-refractivity contribution in [1.82, 2.24) is 10.2 Å². The maximum atomic E-state index is 12.2. The average Bonchev–Trinajstić information content (AvgIpc) is 2.82. The molecule has 0 aliphatic carbocycles. The normalized spacial score (nSPS) is 11.1. The van der Waals surface area contributed by atoms with Crippen molar-refractivity contribution in [2.45, 2.75) is 11.8 Å². The van der Waals surface area contributed by atoms with E-state index >= 15 is 0 Å². The molecule has 0 amide bonds. The highest BCUT2D eigenvalue weighted by atomic mass is 32.2. The van der Waals surface area contributed by atoms with Crippen molar-refractivity contribution < 1.29 is 23.1 Å². The molecule has 0 fully saturated rings. The number of hydrogen-bond acceptors (Lipinski definition) is 5. The Labute approximate surface area is 120 Å². The summed E-state index contributed by atoms with van der Waals surface area (Å²) in [4.78, 5) is 10.9. The number of anilines is 1. The lowest BCUT2D eigenvalue weighted by Crippen LogP contribution is -2.14. The van der Waals surface area contributed by atoms with Crippen LogP contribution in [0.4, 0.5) is 5.82 Å². The number of nitrogens with zero attached hydrogens (tertiary/aromatic N) is 1. The summed E-state index contributed by atoms with van der Waals surface area (Å²) >= 11 is 0.